The van der Waals surface area contributed by atoms with E-state index in [0.717, 1.165) is 27.4 Å². The standard InChI is InChI=1S/C15H19BrN2OS/c1-5-17-10(3)13-7-6-12(16)8-14(13)20-15-18-9(2)11(4)19-15/h6-8,10,17H,5H2,1-4H3. The molecule has 2 rings (SSSR count). The SMILES string of the molecule is CCNC(C)c1ccc(Br)cc1Sc1nc(C)c(C)o1. The van der Waals surface area contributed by atoms with Crippen LogP contribution in [0.5, 0.6) is 0 Å². The van der Waals surface area contributed by atoms with Crippen LogP contribution in [-0.4, -0.2) is 11.5 Å². The first kappa shape index (κ1) is 15.6. The Morgan fingerprint density at radius 3 is 2.75 bits per heavy atom. The number of benzene rings is 1. The maximum Gasteiger partial charge on any atom is 0.261 e. The minimum absolute atomic E-state index is 0.299. The number of rotatable bonds is 5. The third-order valence-corrected chi connectivity index (χ3v) is 4.57. The van der Waals surface area contributed by atoms with Gasteiger partial charge in [-0.2, -0.15) is 0 Å². The highest BCUT2D eigenvalue weighted by atomic mass is 79.9. The number of nitrogens with one attached hydrogen (secondary N) is 1. The molecular formula is C15H19BrN2OS. The zero-order chi connectivity index (χ0) is 14.7. The second-order valence-corrected chi connectivity index (χ2v) is 6.59. The summed E-state index contributed by atoms with van der Waals surface area (Å²) in [7, 11) is 0. The number of hydrogen-bond donors (Lipinski definition) is 1. The third-order valence-electron chi connectivity index (χ3n) is 3.16. The summed E-state index contributed by atoms with van der Waals surface area (Å²) in [6, 6.07) is 6.62. The molecular weight excluding hydrogens is 336 g/mol. The van der Waals surface area contributed by atoms with E-state index in [0.29, 0.717) is 11.3 Å². The number of oxazole rings is 1. The number of halogens is 1. The molecule has 1 N–H and O–H groups in total. The van der Waals surface area contributed by atoms with Gasteiger partial charge in [0.15, 0.2) is 0 Å². The summed E-state index contributed by atoms with van der Waals surface area (Å²) in [5.74, 6) is 0.878. The maximum absolute atomic E-state index is 5.67. The molecule has 1 atom stereocenters. The van der Waals surface area contributed by atoms with Crippen molar-refractivity contribution in [2.75, 3.05) is 6.54 Å². The lowest BCUT2D eigenvalue weighted by Crippen LogP contribution is -2.18. The van der Waals surface area contributed by atoms with Crippen LogP contribution in [0.15, 0.2) is 37.2 Å². The third kappa shape index (κ3) is 3.65. The van der Waals surface area contributed by atoms with E-state index in [4.69, 9.17) is 4.42 Å². The van der Waals surface area contributed by atoms with Gasteiger partial charge >= 0.3 is 0 Å². The molecule has 0 spiro atoms. The molecule has 0 amide bonds. The van der Waals surface area contributed by atoms with Gasteiger partial charge in [-0.3, -0.25) is 0 Å². The molecule has 1 aromatic heterocycles. The second-order valence-electron chi connectivity index (χ2n) is 4.68. The van der Waals surface area contributed by atoms with Crippen molar-refractivity contribution in [1.82, 2.24) is 10.3 Å². The summed E-state index contributed by atoms with van der Waals surface area (Å²) >= 11 is 5.10. The van der Waals surface area contributed by atoms with E-state index in [1.165, 1.54) is 5.56 Å². The van der Waals surface area contributed by atoms with Gasteiger partial charge in [-0.05, 0) is 56.8 Å². The van der Waals surface area contributed by atoms with Crippen molar-refractivity contribution in [3.63, 3.8) is 0 Å². The average Bonchev–Trinajstić information content (AvgIpc) is 2.68. The van der Waals surface area contributed by atoms with Gasteiger partial charge in [-0.15, -0.1) is 0 Å². The molecule has 1 heterocycles. The molecule has 3 nitrogen and oxygen atoms in total. The first-order valence-electron chi connectivity index (χ1n) is 6.66. The largest absolute Gasteiger partial charge is 0.436 e. The van der Waals surface area contributed by atoms with E-state index < -0.39 is 0 Å². The van der Waals surface area contributed by atoms with Crippen LogP contribution in [-0.2, 0) is 0 Å². The van der Waals surface area contributed by atoms with Gasteiger partial charge in [0.2, 0.25) is 0 Å². The fourth-order valence-electron chi connectivity index (χ4n) is 1.95. The molecule has 0 bridgehead atoms. The van der Waals surface area contributed by atoms with Crippen LogP contribution in [0.1, 0.15) is 36.9 Å². The van der Waals surface area contributed by atoms with Crippen molar-refractivity contribution in [1.29, 1.82) is 0 Å². The van der Waals surface area contributed by atoms with Crippen LogP contribution < -0.4 is 5.32 Å². The lowest BCUT2D eigenvalue weighted by atomic mass is 10.1. The second kappa shape index (κ2) is 6.78. The van der Waals surface area contributed by atoms with Crippen molar-refractivity contribution in [3.05, 3.63) is 39.7 Å². The molecule has 5 heteroatoms. The molecule has 0 saturated carbocycles. The van der Waals surface area contributed by atoms with Crippen molar-refractivity contribution >= 4 is 27.7 Å². The topological polar surface area (TPSA) is 38.1 Å². The molecule has 1 aromatic carbocycles. The van der Waals surface area contributed by atoms with E-state index in [1.807, 2.05) is 13.8 Å². The number of hydrogen-bond acceptors (Lipinski definition) is 4. The molecule has 0 fully saturated rings. The van der Waals surface area contributed by atoms with Crippen molar-refractivity contribution in [2.24, 2.45) is 0 Å². The number of aryl methyl sites for hydroxylation is 2. The fraction of sp³-hybridized carbons (Fsp3) is 0.400. The molecule has 20 heavy (non-hydrogen) atoms. The molecule has 0 aliphatic carbocycles. The highest BCUT2D eigenvalue weighted by molar-refractivity contribution is 9.10. The van der Waals surface area contributed by atoms with Crippen molar-refractivity contribution in [2.45, 2.75) is 43.9 Å². The fourth-order valence-corrected chi connectivity index (χ4v) is 3.55. The summed E-state index contributed by atoms with van der Waals surface area (Å²) in [6.07, 6.45) is 0. The number of aromatic nitrogens is 1. The summed E-state index contributed by atoms with van der Waals surface area (Å²) < 4.78 is 6.73. The monoisotopic (exact) mass is 354 g/mol. The zero-order valence-electron chi connectivity index (χ0n) is 12.2. The first-order valence-corrected chi connectivity index (χ1v) is 8.27. The van der Waals surface area contributed by atoms with Crippen LogP contribution in [0.2, 0.25) is 0 Å². The summed E-state index contributed by atoms with van der Waals surface area (Å²) in [4.78, 5) is 5.60. The van der Waals surface area contributed by atoms with Crippen molar-refractivity contribution in [3.8, 4) is 0 Å². The Morgan fingerprint density at radius 2 is 2.15 bits per heavy atom. The van der Waals surface area contributed by atoms with E-state index in [1.54, 1.807) is 11.8 Å². The predicted octanol–water partition coefficient (Wildman–Crippen LogP) is 4.88. The van der Waals surface area contributed by atoms with E-state index in [9.17, 15) is 0 Å². The van der Waals surface area contributed by atoms with Crippen LogP contribution >= 0.6 is 27.7 Å². The Bertz CT molecular complexity index is 578. The average molecular weight is 355 g/mol. The van der Waals surface area contributed by atoms with Gasteiger partial charge in [0.25, 0.3) is 5.22 Å². The van der Waals surface area contributed by atoms with Gasteiger partial charge < -0.3 is 9.73 Å². The predicted molar refractivity (Wildman–Crippen MR) is 86.3 cm³/mol. The lowest BCUT2D eigenvalue weighted by Gasteiger charge is -2.16. The molecule has 0 radical (unpaired) electrons. The minimum Gasteiger partial charge on any atom is -0.436 e. The lowest BCUT2D eigenvalue weighted by molar-refractivity contribution is 0.431. The van der Waals surface area contributed by atoms with Crippen LogP contribution in [0, 0.1) is 13.8 Å². The highest BCUT2D eigenvalue weighted by Gasteiger charge is 2.14. The summed E-state index contributed by atoms with van der Waals surface area (Å²) in [6.45, 7) is 9.13. The highest BCUT2D eigenvalue weighted by Crippen LogP contribution is 2.35. The first-order chi connectivity index (χ1) is 9.51. The Hall–Kier alpha value is -0.780. The molecule has 2 aromatic rings. The molecule has 0 saturated heterocycles. The minimum atomic E-state index is 0.299. The van der Waals surface area contributed by atoms with E-state index >= 15 is 0 Å². The van der Waals surface area contributed by atoms with Crippen molar-refractivity contribution < 1.29 is 4.42 Å². The van der Waals surface area contributed by atoms with Gasteiger partial charge in [0, 0.05) is 15.4 Å². The van der Waals surface area contributed by atoms with Gasteiger partial charge in [-0.25, -0.2) is 4.98 Å². The van der Waals surface area contributed by atoms with Crippen LogP contribution in [0.25, 0.3) is 0 Å². The van der Waals surface area contributed by atoms with Gasteiger partial charge in [0.1, 0.15) is 5.76 Å². The molecule has 0 aliphatic rings. The van der Waals surface area contributed by atoms with Crippen LogP contribution in [0.3, 0.4) is 0 Å². The summed E-state index contributed by atoms with van der Waals surface area (Å²) in [5, 5.41) is 4.14. The molecule has 1 unspecified atom stereocenters. The van der Waals surface area contributed by atoms with Crippen LogP contribution in [0.4, 0.5) is 0 Å². The zero-order valence-corrected chi connectivity index (χ0v) is 14.6. The quantitative estimate of drug-likeness (QED) is 0.830. The van der Waals surface area contributed by atoms with Gasteiger partial charge in [-0.1, -0.05) is 28.9 Å². The Labute approximate surface area is 132 Å². The van der Waals surface area contributed by atoms with Gasteiger partial charge in [0.05, 0.1) is 5.69 Å². The molecule has 0 aliphatic heterocycles. The Morgan fingerprint density at radius 1 is 1.40 bits per heavy atom. The molecule has 108 valence electrons. The maximum atomic E-state index is 5.67. The normalized spacial score (nSPS) is 12.7. The van der Waals surface area contributed by atoms with E-state index in [-0.39, 0.29) is 0 Å². The summed E-state index contributed by atoms with van der Waals surface area (Å²) in [5.41, 5.74) is 2.21. The smallest absolute Gasteiger partial charge is 0.261 e. The number of nitrogens with zero attached hydrogens (tertiary/aromatic N) is 1. The Balaban J connectivity index is 2.31. The Kier molecular flexibility index (Phi) is 5.29. The van der Waals surface area contributed by atoms with E-state index in [2.05, 4.69) is 58.3 Å².